The maximum Gasteiger partial charge on any atom is 0.143 e. The van der Waals surface area contributed by atoms with E-state index >= 15 is 0 Å². The number of nitriles is 1. The van der Waals surface area contributed by atoms with Gasteiger partial charge in [-0.25, -0.2) is 8.78 Å². The second-order valence-electron chi connectivity index (χ2n) is 10.6. The predicted octanol–water partition coefficient (Wildman–Crippen LogP) is 8.79. The molecule has 0 aliphatic heterocycles. The van der Waals surface area contributed by atoms with E-state index in [0.717, 1.165) is 48.1 Å². The molecule has 0 bridgehead atoms. The van der Waals surface area contributed by atoms with E-state index < -0.39 is 11.6 Å². The normalized spacial score (nSPS) is 32.2. The summed E-state index contributed by atoms with van der Waals surface area (Å²) in [5.41, 5.74) is -0.138. The number of benzene rings is 1. The zero-order chi connectivity index (χ0) is 23.6. The van der Waals surface area contributed by atoms with Crippen LogP contribution >= 0.6 is 0 Å². The van der Waals surface area contributed by atoms with Gasteiger partial charge >= 0.3 is 0 Å². The minimum absolute atomic E-state index is 0.103. The van der Waals surface area contributed by atoms with Crippen molar-refractivity contribution in [1.29, 1.82) is 5.26 Å². The maximum atomic E-state index is 12.5. The van der Waals surface area contributed by atoms with Crippen molar-refractivity contribution < 1.29 is 13.2 Å². The molecule has 33 heavy (non-hydrogen) atoms. The smallest absolute Gasteiger partial charge is 0.143 e. The molecule has 1 nitrogen and oxygen atoms in total. The lowest BCUT2D eigenvalue weighted by atomic mass is 9.65. The van der Waals surface area contributed by atoms with Crippen LogP contribution in [-0.2, 0) is 0 Å². The molecule has 0 N–H and O–H groups in total. The number of hydrogen-bond donors (Lipinski definition) is 0. The lowest BCUT2D eigenvalue weighted by molar-refractivity contribution is 0.106. The molecule has 0 heterocycles. The Morgan fingerprint density at radius 3 is 1.73 bits per heavy atom. The molecular formula is C29H40F3N. The van der Waals surface area contributed by atoms with Gasteiger partial charge in [0.1, 0.15) is 17.7 Å². The van der Waals surface area contributed by atoms with Gasteiger partial charge < -0.3 is 0 Å². The largest absolute Gasteiger partial charge is 0.251 e. The Hall–Kier alpha value is -1.76. The highest BCUT2D eigenvalue weighted by Gasteiger charge is 2.34. The van der Waals surface area contributed by atoms with E-state index in [2.05, 4.69) is 12.7 Å². The predicted molar refractivity (Wildman–Crippen MR) is 128 cm³/mol. The average Bonchev–Trinajstić information content (AvgIpc) is 2.85. The highest BCUT2D eigenvalue weighted by Crippen LogP contribution is 2.46. The fourth-order valence-corrected chi connectivity index (χ4v) is 6.62. The fraction of sp³-hybridized carbons (Fsp3) is 0.690. The van der Waals surface area contributed by atoms with E-state index in [1.807, 2.05) is 0 Å². The molecule has 4 heteroatoms. The molecule has 3 fully saturated rings. The number of halogens is 3. The molecule has 0 saturated heterocycles. The van der Waals surface area contributed by atoms with Gasteiger partial charge in [0.15, 0.2) is 0 Å². The first kappa shape index (κ1) is 25.9. The van der Waals surface area contributed by atoms with Gasteiger partial charge in [-0.05, 0) is 118 Å². The van der Waals surface area contributed by atoms with Crippen molar-refractivity contribution in [2.24, 2.45) is 35.5 Å². The zero-order valence-electron chi connectivity index (χ0n) is 20.0. The lowest BCUT2D eigenvalue weighted by Gasteiger charge is -2.41. The maximum absolute atomic E-state index is 12.5. The molecule has 182 valence electrons. The number of hydrogen-bond acceptors (Lipinski definition) is 1. The first-order chi connectivity index (χ1) is 16.0. The molecule has 0 unspecified atom stereocenters. The molecular weight excluding hydrogens is 419 g/mol. The van der Waals surface area contributed by atoms with Gasteiger partial charge in [-0.2, -0.15) is 5.26 Å². The summed E-state index contributed by atoms with van der Waals surface area (Å²) in [5, 5.41) is 8.20. The summed E-state index contributed by atoms with van der Waals surface area (Å²) in [6.07, 6.45) is 20.1. The number of rotatable bonds is 5. The van der Waals surface area contributed by atoms with Crippen molar-refractivity contribution in [2.75, 3.05) is 6.67 Å². The topological polar surface area (TPSA) is 23.8 Å². The standard InChI is InChI=1S/C22H37F.C7H3F2N/c1-2-17-3-7-19(8-4-17)21-11-13-22(14-12-21)20-9-5-18(6-10-20)15-16-23;8-6-2-1-5(4-10)7(9)3-6/h2,17-22H,1,3-16H2;1-3H. The van der Waals surface area contributed by atoms with Gasteiger partial charge in [-0.15, -0.1) is 6.58 Å². The highest BCUT2D eigenvalue weighted by atomic mass is 19.1. The van der Waals surface area contributed by atoms with Crippen LogP contribution in [0.5, 0.6) is 0 Å². The van der Waals surface area contributed by atoms with Gasteiger partial charge in [0, 0.05) is 6.07 Å². The Labute approximate surface area is 198 Å². The van der Waals surface area contributed by atoms with E-state index in [4.69, 9.17) is 5.26 Å². The van der Waals surface area contributed by atoms with Crippen LogP contribution in [0.1, 0.15) is 89.0 Å². The van der Waals surface area contributed by atoms with E-state index in [-0.39, 0.29) is 12.2 Å². The molecule has 0 atom stereocenters. The first-order valence-electron chi connectivity index (χ1n) is 13.1. The number of nitrogens with zero attached hydrogens (tertiary/aromatic N) is 1. The fourth-order valence-electron chi connectivity index (χ4n) is 6.62. The highest BCUT2D eigenvalue weighted by molar-refractivity contribution is 5.30. The van der Waals surface area contributed by atoms with E-state index in [9.17, 15) is 13.2 Å². The molecule has 3 saturated carbocycles. The van der Waals surface area contributed by atoms with Crippen LogP contribution in [0.15, 0.2) is 30.9 Å². The minimum atomic E-state index is -0.817. The van der Waals surface area contributed by atoms with Crippen LogP contribution in [0, 0.1) is 58.5 Å². The third-order valence-corrected chi connectivity index (χ3v) is 8.76. The van der Waals surface area contributed by atoms with E-state index in [1.54, 1.807) is 6.07 Å². The molecule has 3 aliphatic carbocycles. The summed E-state index contributed by atoms with van der Waals surface area (Å²) >= 11 is 0. The first-order valence-corrected chi connectivity index (χ1v) is 13.1. The Balaban J connectivity index is 0.000000257. The molecule has 1 aromatic rings. The Bertz CT molecular complexity index is 762. The second kappa shape index (κ2) is 13.2. The van der Waals surface area contributed by atoms with Crippen molar-refractivity contribution in [3.8, 4) is 6.07 Å². The minimum Gasteiger partial charge on any atom is -0.251 e. The summed E-state index contributed by atoms with van der Waals surface area (Å²) in [7, 11) is 0. The Kier molecular flexibility index (Phi) is 10.4. The molecule has 1 aromatic carbocycles. The molecule has 4 rings (SSSR count). The number of allylic oxidation sites excluding steroid dienone is 1. The van der Waals surface area contributed by atoms with E-state index in [1.165, 1.54) is 77.0 Å². The Morgan fingerprint density at radius 2 is 1.30 bits per heavy atom. The van der Waals surface area contributed by atoms with Gasteiger partial charge in [-0.3, -0.25) is 4.39 Å². The van der Waals surface area contributed by atoms with Crippen LogP contribution in [0.3, 0.4) is 0 Å². The third-order valence-electron chi connectivity index (χ3n) is 8.76. The van der Waals surface area contributed by atoms with E-state index in [0.29, 0.717) is 12.0 Å². The van der Waals surface area contributed by atoms with Crippen molar-refractivity contribution in [3.63, 3.8) is 0 Å². The lowest BCUT2D eigenvalue weighted by Crippen LogP contribution is -2.29. The third kappa shape index (κ3) is 7.62. The monoisotopic (exact) mass is 459 g/mol. The average molecular weight is 460 g/mol. The zero-order valence-corrected chi connectivity index (χ0v) is 20.0. The molecule has 0 radical (unpaired) electrons. The SMILES string of the molecule is C=CC1CCC(C2CCC(C3CCC(CCF)CC3)CC2)CC1.N#Cc1ccc(F)cc1F. The van der Waals surface area contributed by atoms with Gasteiger partial charge in [-0.1, -0.05) is 18.9 Å². The summed E-state index contributed by atoms with van der Waals surface area (Å²) in [6, 6.07) is 4.41. The van der Waals surface area contributed by atoms with Crippen LogP contribution in [0.4, 0.5) is 13.2 Å². The van der Waals surface area contributed by atoms with Crippen LogP contribution in [0.2, 0.25) is 0 Å². The molecule has 0 spiro atoms. The summed E-state index contributed by atoms with van der Waals surface area (Å²) in [6.45, 7) is 3.88. The van der Waals surface area contributed by atoms with Crippen LogP contribution < -0.4 is 0 Å². The molecule has 3 aliphatic rings. The van der Waals surface area contributed by atoms with Gasteiger partial charge in [0.25, 0.3) is 0 Å². The van der Waals surface area contributed by atoms with Gasteiger partial charge in [0.05, 0.1) is 12.2 Å². The van der Waals surface area contributed by atoms with Crippen molar-refractivity contribution in [1.82, 2.24) is 0 Å². The van der Waals surface area contributed by atoms with Crippen LogP contribution in [-0.4, -0.2) is 6.67 Å². The summed E-state index contributed by atoms with van der Waals surface area (Å²) in [5.74, 6) is 4.05. The van der Waals surface area contributed by atoms with Crippen molar-refractivity contribution in [3.05, 3.63) is 48.1 Å². The molecule has 0 aromatic heterocycles. The van der Waals surface area contributed by atoms with Crippen LogP contribution in [0.25, 0.3) is 0 Å². The second-order valence-corrected chi connectivity index (χ2v) is 10.6. The quantitative estimate of drug-likeness (QED) is 0.404. The van der Waals surface area contributed by atoms with Crippen molar-refractivity contribution >= 4 is 0 Å². The summed E-state index contributed by atoms with van der Waals surface area (Å²) < 4.78 is 37.0. The van der Waals surface area contributed by atoms with Gasteiger partial charge in [0.2, 0.25) is 0 Å². The summed E-state index contributed by atoms with van der Waals surface area (Å²) in [4.78, 5) is 0. The molecule has 0 amide bonds. The van der Waals surface area contributed by atoms with Crippen molar-refractivity contribution in [2.45, 2.75) is 83.5 Å². The Morgan fingerprint density at radius 1 is 0.818 bits per heavy atom. The number of alkyl halides is 1.